The number of halogens is 1. The van der Waals surface area contributed by atoms with E-state index in [1.54, 1.807) is 11.0 Å². The van der Waals surface area contributed by atoms with Crippen LogP contribution in [0.4, 0.5) is 9.18 Å². The molecular weight excluding hydrogens is 325 g/mol. The monoisotopic (exact) mass is 347 g/mol. The molecule has 25 heavy (non-hydrogen) atoms. The topological polar surface area (TPSA) is 69.7 Å². The van der Waals surface area contributed by atoms with Crippen molar-refractivity contribution in [1.82, 2.24) is 15.1 Å². The molecule has 0 bridgehead atoms. The Morgan fingerprint density at radius 3 is 2.72 bits per heavy atom. The number of nitrogens with one attached hydrogen (secondary N) is 1. The summed E-state index contributed by atoms with van der Waals surface area (Å²) in [6.45, 7) is 3.74. The lowest BCUT2D eigenvalue weighted by molar-refractivity contribution is -0.140. The summed E-state index contributed by atoms with van der Waals surface area (Å²) in [5.41, 5.74) is -1.41. The summed E-state index contributed by atoms with van der Waals surface area (Å²) in [6.07, 6.45) is 2.90. The van der Waals surface area contributed by atoms with Gasteiger partial charge in [-0.05, 0) is 39.2 Å². The fraction of sp³-hybridized carbons (Fsp3) is 0.500. The molecule has 0 spiro atoms. The molecule has 2 saturated heterocycles. The lowest BCUT2D eigenvalue weighted by atomic mass is 9.91. The lowest BCUT2D eigenvalue weighted by Gasteiger charge is -2.34. The molecule has 2 fully saturated rings. The van der Waals surface area contributed by atoms with Gasteiger partial charge >= 0.3 is 6.03 Å². The molecule has 7 heteroatoms. The van der Waals surface area contributed by atoms with E-state index in [0.29, 0.717) is 6.54 Å². The molecule has 1 aromatic carbocycles. The molecule has 3 rings (SSSR count). The van der Waals surface area contributed by atoms with Crippen LogP contribution in [0.25, 0.3) is 0 Å². The minimum atomic E-state index is -1.50. The number of benzene rings is 1. The molecule has 1 N–H and O–H groups in total. The van der Waals surface area contributed by atoms with Crippen LogP contribution in [0.2, 0.25) is 0 Å². The van der Waals surface area contributed by atoms with Crippen LogP contribution in [0.5, 0.6) is 0 Å². The average molecular weight is 347 g/mol. The minimum absolute atomic E-state index is 0.0923. The van der Waals surface area contributed by atoms with Crippen LogP contribution in [0.1, 0.15) is 38.7 Å². The summed E-state index contributed by atoms with van der Waals surface area (Å²) in [5, 5.41) is 2.53. The summed E-state index contributed by atoms with van der Waals surface area (Å²) in [7, 11) is 0. The van der Waals surface area contributed by atoms with Crippen molar-refractivity contribution in [3.05, 3.63) is 35.6 Å². The zero-order valence-corrected chi connectivity index (χ0v) is 14.4. The molecule has 2 atom stereocenters. The average Bonchev–Trinajstić information content (AvgIpc) is 2.79. The highest BCUT2D eigenvalue weighted by atomic mass is 19.1. The van der Waals surface area contributed by atoms with Crippen LogP contribution in [0.3, 0.4) is 0 Å². The van der Waals surface area contributed by atoms with E-state index in [1.807, 2.05) is 6.92 Å². The van der Waals surface area contributed by atoms with Crippen LogP contribution < -0.4 is 5.32 Å². The second-order valence-electron chi connectivity index (χ2n) is 6.86. The molecule has 134 valence electrons. The number of likely N-dealkylation sites (tertiary alicyclic amines) is 1. The van der Waals surface area contributed by atoms with E-state index in [0.717, 1.165) is 24.2 Å². The van der Waals surface area contributed by atoms with Gasteiger partial charge in [0.2, 0.25) is 5.91 Å². The Morgan fingerprint density at radius 1 is 1.32 bits per heavy atom. The van der Waals surface area contributed by atoms with Crippen LogP contribution in [0, 0.1) is 5.82 Å². The number of rotatable bonds is 3. The zero-order valence-electron chi connectivity index (χ0n) is 14.4. The summed E-state index contributed by atoms with van der Waals surface area (Å²) in [5.74, 6) is -1.44. The first-order chi connectivity index (χ1) is 11.8. The Labute approximate surface area is 146 Å². The second-order valence-corrected chi connectivity index (χ2v) is 6.86. The number of hydrogen-bond donors (Lipinski definition) is 1. The second kappa shape index (κ2) is 6.46. The normalized spacial score (nSPS) is 26.8. The van der Waals surface area contributed by atoms with Gasteiger partial charge < -0.3 is 10.2 Å². The highest BCUT2D eigenvalue weighted by molar-refractivity contribution is 6.09. The molecule has 0 aliphatic carbocycles. The molecule has 2 heterocycles. The van der Waals surface area contributed by atoms with Gasteiger partial charge in [-0.2, -0.15) is 0 Å². The van der Waals surface area contributed by atoms with Crippen molar-refractivity contribution in [2.24, 2.45) is 0 Å². The molecule has 2 aliphatic rings. The van der Waals surface area contributed by atoms with Gasteiger partial charge in [0.25, 0.3) is 5.91 Å². The predicted octanol–water partition coefficient (Wildman–Crippen LogP) is 1.99. The van der Waals surface area contributed by atoms with Gasteiger partial charge in [-0.1, -0.05) is 18.2 Å². The van der Waals surface area contributed by atoms with Crippen LogP contribution in [-0.2, 0) is 15.1 Å². The first-order valence-corrected chi connectivity index (χ1v) is 8.53. The summed E-state index contributed by atoms with van der Waals surface area (Å²) >= 11 is 0. The van der Waals surface area contributed by atoms with Crippen molar-refractivity contribution in [2.45, 2.75) is 44.7 Å². The van der Waals surface area contributed by atoms with E-state index in [1.165, 1.54) is 25.1 Å². The maximum Gasteiger partial charge on any atom is 0.325 e. The fourth-order valence-electron chi connectivity index (χ4n) is 3.58. The van der Waals surface area contributed by atoms with Gasteiger partial charge in [-0.25, -0.2) is 9.18 Å². The van der Waals surface area contributed by atoms with Crippen molar-refractivity contribution >= 4 is 17.8 Å². The molecule has 2 aliphatic heterocycles. The number of hydrogen-bond acceptors (Lipinski definition) is 3. The van der Waals surface area contributed by atoms with E-state index in [4.69, 9.17) is 0 Å². The van der Waals surface area contributed by atoms with Crippen molar-refractivity contribution in [1.29, 1.82) is 0 Å². The Hall–Kier alpha value is -2.44. The molecular formula is C18H22FN3O3. The maximum absolute atomic E-state index is 14.1. The first-order valence-electron chi connectivity index (χ1n) is 8.53. The van der Waals surface area contributed by atoms with Crippen molar-refractivity contribution in [3.8, 4) is 0 Å². The largest absolute Gasteiger partial charge is 0.338 e. The Balaban J connectivity index is 1.80. The van der Waals surface area contributed by atoms with Gasteiger partial charge in [0.15, 0.2) is 0 Å². The summed E-state index contributed by atoms with van der Waals surface area (Å²) in [4.78, 5) is 40.2. The van der Waals surface area contributed by atoms with Crippen molar-refractivity contribution in [3.63, 3.8) is 0 Å². The van der Waals surface area contributed by atoms with E-state index in [-0.39, 0.29) is 24.1 Å². The van der Waals surface area contributed by atoms with Crippen LogP contribution >= 0.6 is 0 Å². The highest BCUT2D eigenvalue weighted by Crippen LogP contribution is 2.30. The number of piperidine rings is 1. The zero-order chi connectivity index (χ0) is 18.2. The maximum atomic E-state index is 14.1. The van der Waals surface area contributed by atoms with Gasteiger partial charge in [-0.3, -0.25) is 14.5 Å². The summed E-state index contributed by atoms with van der Waals surface area (Å²) in [6, 6.07) is 5.25. The molecule has 0 saturated carbocycles. The fourth-order valence-corrected chi connectivity index (χ4v) is 3.58. The van der Waals surface area contributed by atoms with Gasteiger partial charge in [0, 0.05) is 18.2 Å². The molecule has 1 aromatic rings. The SMILES string of the molecule is C[C@H]1CCCCN1C(=O)CN1C(=O)N[C@](C)(c2ccccc2F)C1=O. The van der Waals surface area contributed by atoms with Gasteiger partial charge in [-0.15, -0.1) is 0 Å². The molecule has 4 amide bonds. The van der Waals surface area contributed by atoms with E-state index < -0.39 is 23.3 Å². The quantitative estimate of drug-likeness (QED) is 0.850. The summed E-state index contributed by atoms with van der Waals surface area (Å²) < 4.78 is 14.1. The number of carbonyl (C=O) groups excluding carboxylic acids is 3. The molecule has 0 aromatic heterocycles. The minimum Gasteiger partial charge on any atom is -0.338 e. The van der Waals surface area contributed by atoms with Crippen molar-refractivity contribution < 1.29 is 18.8 Å². The molecule has 0 radical (unpaired) electrons. The number of carbonyl (C=O) groups is 3. The Kier molecular flexibility index (Phi) is 4.49. The predicted molar refractivity (Wildman–Crippen MR) is 89.0 cm³/mol. The standard InChI is InChI=1S/C18H22FN3O3/c1-12-7-5-6-10-21(12)15(23)11-22-16(24)18(2,20-17(22)25)13-8-3-4-9-14(13)19/h3-4,8-9,12H,5-7,10-11H2,1-2H3,(H,20,25)/t12-,18+/m0/s1. The van der Waals surface area contributed by atoms with E-state index >= 15 is 0 Å². The number of nitrogens with zero attached hydrogens (tertiary/aromatic N) is 2. The van der Waals surface area contributed by atoms with E-state index in [2.05, 4.69) is 5.32 Å². The number of urea groups is 1. The first kappa shape index (κ1) is 17.4. The highest BCUT2D eigenvalue weighted by Gasteiger charge is 2.51. The van der Waals surface area contributed by atoms with Crippen LogP contribution in [-0.4, -0.2) is 46.8 Å². The number of imide groups is 1. The Bertz CT molecular complexity index is 723. The molecule has 6 nitrogen and oxygen atoms in total. The van der Waals surface area contributed by atoms with Gasteiger partial charge in [0.05, 0.1) is 0 Å². The van der Waals surface area contributed by atoms with E-state index in [9.17, 15) is 18.8 Å². The van der Waals surface area contributed by atoms with Crippen LogP contribution in [0.15, 0.2) is 24.3 Å². The third-order valence-corrected chi connectivity index (χ3v) is 5.10. The smallest absolute Gasteiger partial charge is 0.325 e. The number of amides is 4. The molecule has 0 unspecified atom stereocenters. The third kappa shape index (κ3) is 2.99. The Morgan fingerprint density at radius 2 is 2.04 bits per heavy atom. The van der Waals surface area contributed by atoms with Gasteiger partial charge in [0.1, 0.15) is 17.9 Å². The lowest BCUT2D eigenvalue weighted by Crippen LogP contribution is -2.48. The third-order valence-electron chi connectivity index (χ3n) is 5.10. The van der Waals surface area contributed by atoms with Crippen molar-refractivity contribution in [2.75, 3.05) is 13.1 Å².